The van der Waals surface area contributed by atoms with Gasteiger partial charge in [-0.2, -0.15) is 0 Å². The highest BCUT2D eigenvalue weighted by Crippen LogP contribution is 2.30. The van der Waals surface area contributed by atoms with E-state index >= 15 is 0 Å². The fourth-order valence-electron chi connectivity index (χ4n) is 2.67. The van der Waals surface area contributed by atoms with E-state index in [0.29, 0.717) is 12.0 Å². The summed E-state index contributed by atoms with van der Waals surface area (Å²) in [6, 6.07) is 3.25. The summed E-state index contributed by atoms with van der Waals surface area (Å²) in [6.07, 6.45) is -1.48. The van der Waals surface area contributed by atoms with E-state index in [9.17, 15) is 19.2 Å². The van der Waals surface area contributed by atoms with Gasteiger partial charge >= 0.3 is 24.2 Å². The van der Waals surface area contributed by atoms with Crippen LogP contribution in [0.2, 0.25) is 0 Å². The Morgan fingerprint density at radius 1 is 0.886 bits per heavy atom. The third kappa shape index (κ3) is 11.6. The fraction of sp³-hybridized carbons (Fsp3) is 0.583. The van der Waals surface area contributed by atoms with Crippen molar-refractivity contribution in [3.05, 3.63) is 23.8 Å². The van der Waals surface area contributed by atoms with E-state index in [1.807, 2.05) is 13.8 Å². The van der Waals surface area contributed by atoms with Gasteiger partial charge in [-0.3, -0.25) is 9.59 Å². The number of carbonyl (C=O) groups excluding carboxylic acids is 4. The second kappa shape index (κ2) is 15.5. The van der Waals surface area contributed by atoms with Crippen LogP contribution in [0.5, 0.6) is 11.5 Å². The zero-order valence-electron chi connectivity index (χ0n) is 20.9. The van der Waals surface area contributed by atoms with E-state index in [0.717, 1.165) is 6.42 Å². The van der Waals surface area contributed by atoms with Gasteiger partial charge in [-0.25, -0.2) is 9.59 Å². The SMILES string of the molecule is CCOC(=O)Oc1ccc(C[C@H](N)C(=O)O[C@@H](C)COC(=O)CC(C)CC)cc1OC(=O)OCC. The zero-order valence-corrected chi connectivity index (χ0v) is 20.9. The number of rotatable bonds is 13. The number of hydrogen-bond acceptors (Lipinski definition) is 11. The maximum atomic E-state index is 12.4. The van der Waals surface area contributed by atoms with Gasteiger partial charge in [0.25, 0.3) is 0 Å². The van der Waals surface area contributed by atoms with Crippen molar-refractivity contribution < 1.29 is 47.6 Å². The first kappa shape index (κ1) is 29.7. The molecule has 0 amide bonds. The van der Waals surface area contributed by atoms with E-state index in [1.54, 1.807) is 26.8 Å². The Kier molecular flexibility index (Phi) is 13.2. The van der Waals surface area contributed by atoms with E-state index in [1.165, 1.54) is 12.1 Å². The van der Waals surface area contributed by atoms with Gasteiger partial charge in [0.15, 0.2) is 11.5 Å². The van der Waals surface area contributed by atoms with Crippen molar-refractivity contribution in [3.63, 3.8) is 0 Å². The average molecular weight is 498 g/mol. The molecule has 0 aromatic heterocycles. The van der Waals surface area contributed by atoms with Crippen LogP contribution < -0.4 is 15.2 Å². The lowest BCUT2D eigenvalue weighted by atomic mass is 10.1. The van der Waals surface area contributed by atoms with Crippen molar-refractivity contribution in [2.75, 3.05) is 19.8 Å². The highest BCUT2D eigenvalue weighted by atomic mass is 16.7. The van der Waals surface area contributed by atoms with Crippen LogP contribution in [0.3, 0.4) is 0 Å². The van der Waals surface area contributed by atoms with E-state index < -0.39 is 30.4 Å². The molecule has 0 radical (unpaired) electrons. The molecule has 3 atom stereocenters. The molecule has 1 aromatic rings. The van der Waals surface area contributed by atoms with Crippen LogP contribution in [0.15, 0.2) is 18.2 Å². The Labute approximate surface area is 205 Å². The molecule has 2 N–H and O–H groups in total. The second-order valence-electron chi connectivity index (χ2n) is 7.81. The summed E-state index contributed by atoms with van der Waals surface area (Å²) < 4.78 is 30.0. The first-order valence-corrected chi connectivity index (χ1v) is 11.5. The summed E-state index contributed by atoms with van der Waals surface area (Å²) in [6.45, 7) is 8.83. The number of benzene rings is 1. The lowest BCUT2D eigenvalue weighted by Crippen LogP contribution is -2.37. The summed E-state index contributed by atoms with van der Waals surface area (Å²) in [5.74, 6) is -1.04. The Bertz CT molecular complexity index is 857. The summed E-state index contributed by atoms with van der Waals surface area (Å²) in [5.41, 5.74) is 6.47. The van der Waals surface area contributed by atoms with Gasteiger partial charge in [0.1, 0.15) is 18.8 Å². The number of esters is 2. The van der Waals surface area contributed by atoms with Crippen molar-refractivity contribution in [1.29, 1.82) is 0 Å². The Morgan fingerprint density at radius 2 is 1.49 bits per heavy atom. The largest absolute Gasteiger partial charge is 0.513 e. The van der Waals surface area contributed by atoms with Gasteiger partial charge in [0, 0.05) is 6.42 Å². The van der Waals surface area contributed by atoms with Gasteiger partial charge in [-0.15, -0.1) is 0 Å². The first-order chi connectivity index (χ1) is 16.6. The Hall–Kier alpha value is -3.34. The molecule has 0 fully saturated rings. The molecule has 196 valence electrons. The maximum Gasteiger partial charge on any atom is 0.513 e. The number of ether oxygens (including phenoxy) is 6. The summed E-state index contributed by atoms with van der Waals surface area (Å²) in [4.78, 5) is 47.6. The molecule has 0 saturated carbocycles. The average Bonchev–Trinajstić information content (AvgIpc) is 2.79. The lowest BCUT2D eigenvalue weighted by Gasteiger charge is -2.18. The summed E-state index contributed by atoms with van der Waals surface area (Å²) in [7, 11) is 0. The van der Waals surface area contributed by atoms with Gasteiger partial charge in [0.05, 0.1) is 13.2 Å². The minimum Gasteiger partial charge on any atom is -0.462 e. The molecule has 1 aromatic carbocycles. The topological polar surface area (TPSA) is 150 Å². The number of nitrogens with two attached hydrogens (primary N) is 1. The lowest BCUT2D eigenvalue weighted by molar-refractivity contribution is -0.159. The van der Waals surface area contributed by atoms with Gasteiger partial charge in [-0.05, 0) is 50.8 Å². The van der Waals surface area contributed by atoms with Crippen molar-refractivity contribution in [2.45, 2.75) is 66.0 Å². The summed E-state index contributed by atoms with van der Waals surface area (Å²) >= 11 is 0. The predicted molar refractivity (Wildman–Crippen MR) is 124 cm³/mol. The van der Waals surface area contributed by atoms with Crippen LogP contribution in [-0.2, 0) is 35.0 Å². The third-order valence-electron chi connectivity index (χ3n) is 4.69. The first-order valence-electron chi connectivity index (χ1n) is 11.5. The molecular formula is C24H35NO10. The van der Waals surface area contributed by atoms with E-state index in [2.05, 4.69) is 0 Å². The molecule has 1 rings (SSSR count). The molecule has 0 aliphatic carbocycles. The molecule has 35 heavy (non-hydrogen) atoms. The molecular weight excluding hydrogens is 462 g/mol. The van der Waals surface area contributed by atoms with Crippen molar-refractivity contribution >= 4 is 24.2 Å². The van der Waals surface area contributed by atoms with Gasteiger partial charge < -0.3 is 34.2 Å². The monoisotopic (exact) mass is 497 g/mol. The minimum atomic E-state index is -1.06. The Balaban J connectivity index is 2.77. The van der Waals surface area contributed by atoms with Crippen LogP contribution in [0.25, 0.3) is 0 Å². The normalized spacial score (nSPS) is 13.1. The number of hydrogen-bond donors (Lipinski definition) is 1. The fourth-order valence-corrected chi connectivity index (χ4v) is 2.67. The van der Waals surface area contributed by atoms with E-state index in [-0.39, 0.29) is 49.6 Å². The predicted octanol–water partition coefficient (Wildman–Crippen LogP) is 3.54. The van der Waals surface area contributed by atoms with E-state index in [4.69, 9.17) is 34.2 Å². The molecule has 11 heteroatoms. The molecule has 0 aliphatic rings. The third-order valence-corrected chi connectivity index (χ3v) is 4.69. The summed E-state index contributed by atoms with van der Waals surface area (Å²) in [5, 5.41) is 0. The smallest absolute Gasteiger partial charge is 0.462 e. The second-order valence-corrected chi connectivity index (χ2v) is 7.81. The van der Waals surface area contributed by atoms with Gasteiger partial charge in [0.2, 0.25) is 0 Å². The standard InChI is InChI=1S/C24H35NO10/c1-6-15(4)11-21(26)32-14-16(5)33-22(27)18(25)12-17-9-10-19(34-23(28)30-7-2)20(13-17)35-24(29)31-8-3/h9-10,13,15-16,18H,6-8,11-12,14,25H2,1-5H3/t15?,16-,18-/m0/s1. The van der Waals surface area contributed by atoms with Crippen LogP contribution in [0.4, 0.5) is 9.59 Å². The molecule has 1 unspecified atom stereocenters. The van der Waals surface area contributed by atoms with Gasteiger partial charge in [-0.1, -0.05) is 26.3 Å². The quantitative estimate of drug-likeness (QED) is 0.242. The van der Waals surface area contributed by atoms with Crippen molar-refractivity contribution in [2.24, 2.45) is 11.7 Å². The van der Waals surface area contributed by atoms with Crippen LogP contribution >= 0.6 is 0 Å². The molecule has 0 spiro atoms. The molecule has 0 saturated heterocycles. The minimum absolute atomic E-state index is 0.0260. The highest BCUT2D eigenvalue weighted by Gasteiger charge is 2.22. The maximum absolute atomic E-state index is 12.4. The molecule has 11 nitrogen and oxygen atoms in total. The zero-order chi connectivity index (χ0) is 26.4. The van der Waals surface area contributed by atoms with Crippen molar-refractivity contribution in [3.8, 4) is 11.5 Å². The van der Waals surface area contributed by atoms with Crippen molar-refractivity contribution in [1.82, 2.24) is 0 Å². The molecule has 0 bridgehead atoms. The highest BCUT2D eigenvalue weighted by molar-refractivity contribution is 5.76. The van der Waals surface area contributed by atoms with Crippen LogP contribution in [-0.4, -0.2) is 56.2 Å². The molecule has 0 heterocycles. The van der Waals surface area contributed by atoms with Crippen LogP contribution in [0.1, 0.15) is 53.0 Å². The molecule has 0 aliphatic heterocycles. The number of carbonyl (C=O) groups is 4. The Morgan fingerprint density at radius 3 is 2.06 bits per heavy atom. The van der Waals surface area contributed by atoms with Crippen LogP contribution in [0, 0.1) is 5.92 Å².